The number of halogens is 3. The number of alkyl halides is 2. The van der Waals surface area contributed by atoms with Gasteiger partial charge in [0, 0.05) is 29.5 Å². The number of benzene rings is 1. The SMILES string of the molecule is CC(C)N1CC[C@H](OC(F)F)[C@@H](c2ccc(Br)cc2)C1. The van der Waals surface area contributed by atoms with Crippen LogP contribution in [0.5, 0.6) is 0 Å². The van der Waals surface area contributed by atoms with Crippen LogP contribution in [0, 0.1) is 0 Å². The highest BCUT2D eigenvalue weighted by Gasteiger charge is 2.33. The van der Waals surface area contributed by atoms with Crippen molar-refractivity contribution in [3.8, 4) is 0 Å². The van der Waals surface area contributed by atoms with Gasteiger partial charge in [-0.1, -0.05) is 28.1 Å². The third kappa shape index (κ3) is 3.99. The van der Waals surface area contributed by atoms with Crippen molar-refractivity contribution in [2.45, 2.75) is 44.9 Å². The summed E-state index contributed by atoms with van der Waals surface area (Å²) in [6, 6.07) is 8.29. The predicted molar refractivity (Wildman–Crippen MR) is 79.1 cm³/mol. The van der Waals surface area contributed by atoms with Crippen molar-refractivity contribution in [3.05, 3.63) is 34.3 Å². The van der Waals surface area contributed by atoms with Crippen LogP contribution in [0.2, 0.25) is 0 Å². The maximum Gasteiger partial charge on any atom is 0.345 e. The Morgan fingerprint density at radius 1 is 1.25 bits per heavy atom. The van der Waals surface area contributed by atoms with E-state index in [1.807, 2.05) is 24.3 Å². The Kier molecular flexibility index (Phi) is 5.52. The molecule has 0 aliphatic carbocycles. The molecule has 20 heavy (non-hydrogen) atoms. The predicted octanol–water partition coefficient (Wildman–Crippen LogP) is 4.25. The molecule has 5 heteroatoms. The topological polar surface area (TPSA) is 12.5 Å². The summed E-state index contributed by atoms with van der Waals surface area (Å²) >= 11 is 3.40. The van der Waals surface area contributed by atoms with E-state index >= 15 is 0 Å². The number of nitrogens with zero attached hydrogens (tertiary/aromatic N) is 1. The van der Waals surface area contributed by atoms with Crippen LogP contribution in [0.15, 0.2) is 28.7 Å². The summed E-state index contributed by atoms with van der Waals surface area (Å²) in [5.74, 6) is -0.00625. The molecule has 0 N–H and O–H groups in total. The molecule has 1 aliphatic rings. The maximum atomic E-state index is 12.6. The quantitative estimate of drug-likeness (QED) is 0.806. The van der Waals surface area contributed by atoms with Crippen molar-refractivity contribution < 1.29 is 13.5 Å². The fourth-order valence-corrected chi connectivity index (χ4v) is 3.01. The third-order valence-corrected chi connectivity index (χ3v) is 4.42. The zero-order valence-electron chi connectivity index (χ0n) is 11.7. The molecule has 2 atom stereocenters. The molecule has 0 bridgehead atoms. The Hall–Kier alpha value is -0.520. The lowest BCUT2D eigenvalue weighted by molar-refractivity contribution is -0.179. The van der Waals surface area contributed by atoms with E-state index in [0.29, 0.717) is 12.5 Å². The van der Waals surface area contributed by atoms with Crippen LogP contribution in [0.4, 0.5) is 8.78 Å². The molecule has 1 fully saturated rings. The van der Waals surface area contributed by atoms with E-state index in [2.05, 4.69) is 34.7 Å². The van der Waals surface area contributed by atoms with Crippen molar-refractivity contribution in [2.75, 3.05) is 13.1 Å². The van der Waals surface area contributed by atoms with E-state index in [-0.39, 0.29) is 5.92 Å². The zero-order valence-corrected chi connectivity index (χ0v) is 13.3. The minimum absolute atomic E-state index is 0.00625. The Morgan fingerprint density at radius 2 is 1.90 bits per heavy atom. The molecule has 0 amide bonds. The number of hydrogen-bond acceptors (Lipinski definition) is 2. The second kappa shape index (κ2) is 6.96. The molecule has 0 radical (unpaired) electrons. The number of hydrogen-bond donors (Lipinski definition) is 0. The van der Waals surface area contributed by atoms with E-state index in [9.17, 15) is 8.78 Å². The minimum Gasteiger partial charge on any atom is -0.319 e. The standard InChI is InChI=1S/C15H20BrF2NO/c1-10(2)19-8-7-14(20-15(17)18)13(9-19)11-3-5-12(16)6-4-11/h3-6,10,13-15H,7-9H2,1-2H3/t13-,14+/m1/s1. The Balaban J connectivity index is 2.18. The first-order chi connectivity index (χ1) is 9.47. The summed E-state index contributed by atoms with van der Waals surface area (Å²) in [6.07, 6.45) is 0.231. The molecule has 0 aromatic heterocycles. The molecule has 1 aromatic carbocycles. The molecule has 1 heterocycles. The van der Waals surface area contributed by atoms with Gasteiger partial charge in [-0.25, -0.2) is 0 Å². The summed E-state index contributed by atoms with van der Waals surface area (Å²) in [4.78, 5) is 2.32. The van der Waals surface area contributed by atoms with Crippen molar-refractivity contribution in [3.63, 3.8) is 0 Å². The Labute approximate surface area is 127 Å². The summed E-state index contributed by atoms with van der Waals surface area (Å²) < 4.78 is 31.0. The maximum absolute atomic E-state index is 12.6. The van der Waals surface area contributed by atoms with Gasteiger partial charge in [-0.2, -0.15) is 8.78 Å². The van der Waals surface area contributed by atoms with E-state index in [1.54, 1.807) is 0 Å². The van der Waals surface area contributed by atoms with Gasteiger partial charge in [0.25, 0.3) is 0 Å². The first-order valence-electron chi connectivity index (χ1n) is 6.90. The fourth-order valence-electron chi connectivity index (χ4n) is 2.75. The number of piperidine rings is 1. The molecule has 2 nitrogen and oxygen atoms in total. The Bertz CT molecular complexity index is 424. The molecule has 2 rings (SSSR count). The van der Waals surface area contributed by atoms with E-state index < -0.39 is 12.7 Å². The summed E-state index contributed by atoms with van der Waals surface area (Å²) in [5.41, 5.74) is 1.06. The highest BCUT2D eigenvalue weighted by Crippen LogP contribution is 2.32. The molecule has 0 unspecified atom stereocenters. The highest BCUT2D eigenvalue weighted by atomic mass is 79.9. The van der Waals surface area contributed by atoms with Crippen LogP contribution in [0.25, 0.3) is 0 Å². The van der Waals surface area contributed by atoms with Crippen LogP contribution in [0.1, 0.15) is 31.7 Å². The van der Waals surface area contributed by atoms with Crippen LogP contribution < -0.4 is 0 Å². The lowest BCUT2D eigenvalue weighted by Crippen LogP contribution is -2.46. The van der Waals surface area contributed by atoms with E-state index in [4.69, 9.17) is 4.74 Å². The number of rotatable bonds is 4. The summed E-state index contributed by atoms with van der Waals surface area (Å²) in [5, 5.41) is 0. The summed E-state index contributed by atoms with van der Waals surface area (Å²) in [7, 11) is 0. The van der Waals surface area contributed by atoms with Gasteiger partial charge in [-0.3, -0.25) is 0 Å². The second-order valence-corrected chi connectivity index (χ2v) is 6.39. The number of ether oxygens (including phenoxy) is 1. The van der Waals surface area contributed by atoms with Gasteiger partial charge in [-0.05, 0) is 38.0 Å². The Morgan fingerprint density at radius 3 is 2.45 bits per heavy atom. The van der Waals surface area contributed by atoms with Crippen LogP contribution >= 0.6 is 15.9 Å². The largest absolute Gasteiger partial charge is 0.345 e. The van der Waals surface area contributed by atoms with Crippen LogP contribution in [-0.2, 0) is 4.74 Å². The van der Waals surface area contributed by atoms with E-state index in [0.717, 1.165) is 23.1 Å². The van der Waals surface area contributed by atoms with Gasteiger partial charge >= 0.3 is 6.61 Å². The van der Waals surface area contributed by atoms with Crippen molar-refractivity contribution in [1.29, 1.82) is 0 Å². The first kappa shape index (κ1) is 15.9. The lowest BCUT2D eigenvalue weighted by atomic mass is 9.87. The van der Waals surface area contributed by atoms with Crippen LogP contribution in [-0.4, -0.2) is 36.7 Å². The van der Waals surface area contributed by atoms with Gasteiger partial charge in [-0.15, -0.1) is 0 Å². The number of likely N-dealkylation sites (tertiary alicyclic amines) is 1. The smallest absolute Gasteiger partial charge is 0.319 e. The van der Waals surface area contributed by atoms with Crippen molar-refractivity contribution in [2.24, 2.45) is 0 Å². The van der Waals surface area contributed by atoms with Gasteiger partial charge in [0.1, 0.15) is 0 Å². The lowest BCUT2D eigenvalue weighted by Gasteiger charge is -2.40. The normalized spacial score (nSPS) is 24.6. The van der Waals surface area contributed by atoms with Gasteiger partial charge < -0.3 is 9.64 Å². The minimum atomic E-state index is -2.71. The second-order valence-electron chi connectivity index (χ2n) is 5.47. The fraction of sp³-hybridized carbons (Fsp3) is 0.600. The van der Waals surface area contributed by atoms with Crippen molar-refractivity contribution >= 4 is 15.9 Å². The summed E-state index contributed by atoms with van der Waals surface area (Å²) in [6.45, 7) is 3.13. The molecular formula is C15H20BrF2NO. The molecule has 1 aromatic rings. The third-order valence-electron chi connectivity index (χ3n) is 3.89. The van der Waals surface area contributed by atoms with Gasteiger partial charge in [0.15, 0.2) is 0 Å². The van der Waals surface area contributed by atoms with Gasteiger partial charge in [0.05, 0.1) is 6.10 Å². The van der Waals surface area contributed by atoms with E-state index in [1.165, 1.54) is 0 Å². The molecular weight excluding hydrogens is 328 g/mol. The van der Waals surface area contributed by atoms with Crippen LogP contribution in [0.3, 0.4) is 0 Å². The zero-order chi connectivity index (χ0) is 14.7. The molecule has 1 aliphatic heterocycles. The highest BCUT2D eigenvalue weighted by molar-refractivity contribution is 9.10. The average Bonchev–Trinajstić information content (AvgIpc) is 2.39. The average molecular weight is 348 g/mol. The molecule has 0 spiro atoms. The molecule has 0 saturated carbocycles. The van der Waals surface area contributed by atoms with Gasteiger partial charge in [0.2, 0.25) is 0 Å². The first-order valence-corrected chi connectivity index (χ1v) is 7.70. The van der Waals surface area contributed by atoms with Crippen molar-refractivity contribution in [1.82, 2.24) is 4.90 Å². The monoisotopic (exact) mass is 347 g/mol. The molecule has 112 valence electrons. The molecule has 1 saturated heterocycles.